The van der Waals surface area contributed by atoms with Gasteiger partial charge in [-0.15, -0.1) is 0 Å². The van der Waals surface area contributed by atoms with E-state index in [1.54, 1.807) is 20.8 Å². The van der Waals surface area contributed by atoms with Gasteiger partial charge in [-0.3, -0.25) is 19.2 Å². The maximum Gasteiger partial charge on any atom is 0.407 e. The molecule has 0 aromatic heterocycles. The lowest BCUT2D eigenvalue weighted by Gasteiger charge is -2.39. The second kappa shape index (κ2) is 11.5. The summed E-state index contributed by atoms with van der Waals surface area (Å²) in [5.74, 6) is -6.10. The molecule has 0 aromatic rings. The molecule has 5 atom stereocenters. The highest BCUT2D eigenvalue weighted by atomic mass is 19.3. The normalized spacial score (nSPS) is 26.4. The molecule has 1 spiro atoms. The molecule has 1 heterocycles. The van der Waals surface area contributed by atoms with Crippen LogP contribution in [0.1, 0.15) is 85.5 Å². The summed E-state index contributed by atoms with van der Waals surface area (Å²) in [5, 5.41) is 7.79. The van der Waals surface area contributed by atoms with Crippen LogP contribution < -0.4 is 16.0 Å². The van der Waals surface area contributed by atoms with Crippen molar-refractivity contribution in [2.75, 3.05) is 13.7 Å². The van der Waals surface area contributed by atoms with Gasteiger partial charge < -0.3 is 25.6 Å². The van der Waals surface area contributed by atoms with Crippen LogP contribution in [0.3, 0.4) is 0 Å². The first-order valence-electron chi connectivity index (χ1n) is 14.8. The van der Waals surface area contributed by atoms with Crippen molar-refractivity contribution in [2.45, 2.75) is 116 Å². The van der Waals surface area contributed by atoms with Gasteiger partial charge in [-0.2, -0.15) is 0 Å². The van der Waals surface area contributed by atoms with Crippen molar-refractivity contribution in [3.63, 3.8) is 0 Å². The van der Waals surface area contributed by atoms with Gasteiger partial charge in [0.2, 0.25) is 23.5 Å². The zero-order valence-corrected chi connectivity index (χ0v) is 24.7. The maximum absolute atomic E-state index is 14.0. The average molecular weight is 583 g/mol. The summed E-state index contributed by atoms with van der Waals surface area (Å²) in [6.45, 7) is 6.42. The van der Waals surface area contributed by atoms with Gasteiger partial charge in [-0.1, -0.05) is 40.0 Å². The number of piperidine rings is 1. The van der Waals surface area contributed by atoms with E-state index in [9.17, 15) is 32.8 Å². The predicted molar refractivity (Wildman–Crippen MR) is 145 cm³/mol. The Hall–Kier alpha value is -2.79. The van der Waals surface area contributed by atoms with Crippen molar-refractivity contribution in [1.82, 2.24) is 20.9 Å². The van der Waals surface area contributed by atoms with E-state index in [0.717, 1.165) is 51.9 Å². The Morgan fingerprint density at radius 2 is 1.63 bits per heavy atom. The van der Waals surface area contributed by atoms with Gasteiger partial charge in [0.15, 0.2) is 0 Å². The van der Waals surface area contributed by atoms with Crippen LogP contribution in [0.5, 0.6) is 0 Å². The highest BCUT2D eigenvalue weighted by Crippen LogP contribution is 2.71. The molecule has 4 aliphatic rings. The molecule has 3 N–H and O–H groups in total. The van der Waals surface area contributed by atoms with Crippen LogP contribution in [0, 0.1) is 22.7 Å². The van der Waals surface area contributed by atoms with Crippen molar-refractivity contribution in [3.8, 4) is 0 Å². The summed E-state index contributed by atoms with van der Waals surface area (Å²) in [7, 11) is 1.20. The largest absolute Gasteiger partial charge is 0.453 e. The Morgan fingerprint density at radius 1 is 1.00 bits per heavy atom. The van der Waals surface area contributed by atoms with Gasteiger partial charge in [0.1, 0.15) is 12.1 Å². The van der Waals surface area contributed by atoms with E-state index in [2.05, 4.69) is 16.0 Å². The van der Waals surface area contributed by atoms with Crippen molar-refractivity contribution in [1.29, 1.82) is 0 Å². The minimum Gasteiger partial charge on any atom is -0.453 e. The van der Waals surface area contributed by atoms with Gasteiger partial charge in [0.25, 0.3) is 5.91 Å². The molecule has 0 bridgehead atoms. The Labute approximate surface area is 240 Å². The first kappa shape index (κ1) is 31.2. The van der Waals surface area contributed by atoms with Gasteiger partial charge >= 0.3 is 6.09 Å². The highest BCUT2D eigenvalue weighted by Gasteiger charge is 2.73. The Balaban J connectivity index is 1.60. The lowest BCUT2D eigenvalue weighted by molar-refractivity contribution is -0.145. The number of nitrogens with one attached hydrogen (secondary N) is 3. The summed E-state index contributed by atoms with van der Waals surface area (Å²) >= 11 is 0. The van der Waals surface area contributed by atoms with E-state index >= 15 is 0 Å². The van der Waals surface area contributed by atoms with E-state index in [1.165, 1.54) is 12.0 Å². The number of amides is 4. The highest BCUT2D eigenvalue weighted by molar-refractivity contribution is 6.38. The molecule has 3 aliphatic carbocycles. The Kier molecular flexibility index (Phi) is 8.72. The van der Waals surface area contributed by atoms with Crippen molar-refractivity contribution in [2.24, 2.45) is 22.7 Å². The number of alkyl halides is 2. The number of hydrogen-bond donors (Lipinski definition) is 3. The first-order chi connectivity index (χ1) is 19.1. The summed E-state index contributed by atoms with van der Waals surface area (Å²) < 4.78 is 32.3. The molecule has 230 valence electrons. The number of halogens is 2. The third-order valence-corrected chi connectivity index (χ3v) is 9.33. The van der Waals surface area contributed by atoms with Crippen LogP contribution in [0.2, 0.25) is 0 Å². The lowest BCUT2D eigenvalue weighted by atomic mass is 9.80. The number of fused-ring (bicyclic) bond motifs is 3. The van der Waals surface area contributed by atoms with Crippen LogP contribution in [-0.4, -0.2) is 78.2 Å². The summed E-state index contributed by atoms with van der Waals surface area (Å²) in [6, 6.07) is -3.51. The monoisotopic (exact) mass is 582 g/mol. The molecule has 0 aromatic carbocycles. The van der Waals surface area contributed by atoms with Gasteiger partial charge in [0.05, 0.1) is 13.2 Å². The second-order valence-electron chi connectivity index (χ2n) is 13.6. The minimum absolute atomic E-state index is 0.0800. The van der Waals surface area contributed by atoms with Crippen LogP contribution in [-0.2, 0) is 23.9 Å². The minimum atomic E-state index is -3.10. The fraction of sp³-hybridized carbons (Fsp3) is 0.828. The number of likely N-dealkylation sites (tertiary alicyclic amines) is 1. The van der Waals surface area contributed by atoms with Crippen LogP contribution in [0.15, 0.2) is 0 Å². The molecule has 3 saturated carbocycles. The SMILES string of the molecule is COC(=O)N[C@H](C(=O)N1C[C@H]2[C@@H]([C@H]1C(=O)N[C@@H](CCC(C)(F)F)C(=O)C(=O)NC1CC1)C21CCCCC1)C(C)(C)C. The molecule has 4 rings (SSSR count). The molecule has 1 aliphatic heterocycles. The zero-order valence-electron chi connectivity index (χ0n) is 24.7. The van der Waals surface area contributed by atoms with Gasteiger partial charge in [-0.25, -0.2) is 13.6 Å². The number of rotatable bonds is 10. The summed E-state index contributed by atoms with van der Waals surface area (Å²) in [6.07, 6.45) is 4.61. The Bertz CT molecular complexity index is 1060. The fourth-order valence-electron chi connectivity index (χ4n) is 6.96. The first-order valence-corrected chi connectivity index (χ1v) is 14.8. The third-order valence-electron chi connectivity index (χ3n) is 9.33. The zero-order chi connectivity index (χ0) is 30.3. The molecule has 12 heteroatoms. The van der Waals surface area contributed by atoms with Gasteiger partial charge in [-0.05, 0) is 61.7 Å². The van der Waals surface area contributed by atoms with Crippen LogP contribution in [0.4, 0.5) is 13.6 Å². The molecule has 4 fully saturated rings. The molecule has 0 unspecified atom stereocenters. The van der Waals surface area contributed by atoms with E-state index < -0.39 is 71.9 Å². The number of nitrogens with zero attached hydrogens (tertiary/aromatic N) is 1. The van der Waals surface area contributed by atoms with E-state index in [-0.39, 0.29) is 23.3 Å². The number of ether oxygens (including phenoxy) is 1. The molecule has 1 saturated heterocycles. The average Bonchev–Trinajstić information content (AvgIpc) is 3.76. The number of carbonyl (C=O) groups excluding carboxylic acids is 5. The van der Waals surface area contributed by atoms with Crippen molar-refractivity contribution in [3.05, 3.63) is 0 Å². The number of alkyl carbamates (subject to hydrolysis) is 1. The van der Waals surface area contributed by atoms with Crippen LogP contribution in [0.25, 0.3) is 0 Å². The van der Waals surface area contributed by atoms with Crippen molar-refractivity contribution < 1.29 is 37.5 Å². The molecule has 0 radical (unpaired) electrons. The predicted octanol–water partition coefficient (Wildman–Crippen LogP) is 2.93. The molecule has 41 heavy (non-hydrogen) atoms. The van der Waals surface area contributed by atoms with E-state index in [0.29, 0.717) is 6.54 Å². The number of hydrogen-bond acceptors (Lipinski definition) is 6. The molecule has 10 nitrogen and oxygen atoms in total. The second-order valence-corrected chi connectivity index (χ2v) is 13.6. The van der Waals surface area contributed by atoms with E-state index in [1.807, 2.05) is 0 Å². The summed E-state index contributed by atoms with van der Waals surface area (Å²) in [4.78, 5) is 67.1. The quantitative estimate of drug-likeness (QED) is 0.339. The summed E-state index contributed by atoms with van der Waals surface area (Å²) in [5.41, 5.74) is -0.795. The number of carbonyl (C=O) groups is 5. The Morgan fingerprint density at radius 3 is 2.17 bits per heavy atom. The standard InChI is InChI=1S/C29H44F2N4O6/c1-27(2,3)22(34-26(40)41-5)25(39)35-15-17-19(29(17)12-7-6-8-13-29)20(35)23(37)33-18(11-14-28(4,30)31)21(36)24(38)32-16-9-10-16/h16-20,22H,6-15H2,1-5H3,(H,32,38)(H,33,37)(H,34,40)/t17-,18-,19-,20-,22+/m0/s1. The van der Waals surface area contributed by atoms with Crippen molar-refractivity contribution >= 4 is 29.6 Å². The lowest BCUT2D eigenvalue weighted by Crippen LogP contribution is -2.60. The molecule has 4 amide bonds. The maximum atomic E-state index is 14.0. The number of methoxy groups -OCH3 is 1. The molecular formula is C29H44F2N4O6. The van der Waals surface area contributed by atoms with Crippen LogP contribution >= 0.6 is 0 Å². The molecular weight excluding hydrogens is 538 g/mol. The fourth-order valence-corrected chi connectivity index (χ4v) is 6.96. The van der Waals surface area contributed by atoms with E-state index in [4.69, 9.17) is 4.74 Å². The number of Topliss-reactive ketones (excluding diaryl/α,β-unsaturated/α-hetero) is 1. The van der Waals surface area contributed by atoms with Gasteiger partial charge in [0, 0.05) is 19.0 Å². The third kappa shape index (κ3) is 6.83. The number of ketones is 1. The topological polar surface area (TPSA) is 134 Å². The smallest absolute Gasteiger partial charge is 0.407 e.